The van der Waals surface area contributed by atoms with Crippen molar-refractivity contribution in [1.82, 2.24) is 15.3 Å². The number of halogens is 3. The van der Waals surface area contributed by atoms with Gasteiger partial charge in [-0.1, -0.05) is 11.6 Å². The Morgan fingerprint density at radius 1 is 1.39 bits per heavy atom. The molecule has 0 bridgehead atoms. The molecule has 1 heterocycles. The second-order valence-corrected chi connectivity index (χ2v) is 6.31. The zero-order valence-corrected chi connectivity index (χ0v) is 17.6. The summed E-state index contributed by atoms with van der Waals surface area (Å²) in [5.74, 6) is -1.63. The number of allylic oxidation sites excluding steroid dienone is 1. The van der Waals surface area contributed by atoms with E-state index in [9.17, 15) is 13.6 Å². The van der Waals surface area contributed by atoms with Crippen LogP contribution in [0.25, 0.3) is 0 Å². The third-order valence-corrected chi connectivity index (χ3v) is 4.08. The van der Waals surface area contributed by atoms with Gasteiger partial charge in [0.1, 0.15) is 17.4 Å². The summed E-state index contributed by atoms with van der Waals surface area (Å²) in [6.45, 7) is 1.62. The highest BCUT2D eigenvalue weighted by Crippen LogP contribution is 2.26. The summed E-state index contributed by atoms with van der Waals surface area (Å²) in [6, 6.07) is 2.35. The van der Waals surface area contributed by atoms with Crippen LogP contribution in [-0.2, 0) is 11.3 Å². The molecule has 9 nitrogen and oxygen atoms in total. The Kier molecular flexibility index (Phi) is 8.94. The molecule has 0 radical (unpaired) electrons. The normalized spacial score (nSPS) is 11.5. The fourth-order valence-corrected chi connectivity index (χ4v) is 2.44. The molecule has 1 aromatic heterocycles. The lowest BCUT2D eigenvalue weighted by molar-refractivity contribution is -0.119. The lowest BCUT2D eigenvalue weighted by Crippen LogP contribution is -2.20. The molecule has 2 rings (SSSR count). The molecule has 1 amide bonds. The van der Waals surface area contributed by atoms with Gasteiger partial charge in [0, 0.05) is 31.6 Å². The summed E-state index contributed by atoms with van der Waals surface area (Å²) in [7, 11) is 1.50. The van der Waals surface area contributed by atoms with Crippen molar-refractivity contribution >= 4 is 35.5 Å². The molecule has 0 aliphatic carbocycles. The molecule has 5 N–H and O–H groups in total. The zero-order valence-electron chi connectivity index (χ0n) is 16.9. The van der Waals surface area contributed by atoms with Crippen molar-refractivity contribution in [2.24, 2.45) is 10.7 Å². The molecule has 12 heteroatoms. The average Bonchev–Trinajstić information content (AvgIpc) is 2.76. The molecule has 0 saturated heterocycles. The van der Waals surface area contributed by atoms with E-state index < -0.39 is 11.6 Å². The quantitative estimate of drug-likeness (QED) is 0.407. The Morgan fingerprint density at radius 3 is 2.84 bits per heavy atom. The molecule has 1 aromatic carbocycles. The van der Waals surface area contributed by atoms with Crippen molar-refractivity contribution in [3.8, 4) is 5.75 Å². The van der Waals surface area contributed by atoms with Gasteiger partial charge in [0.05, 0.1) is 18.5 Å². The van der Waals surface area contributed by atoms with E-state index in [4.69, 9.17) is 22.1 Å². The highest BCUT2D eigenvalue weighted by atomic mass is 35.5. The number of carbonyl (C=O) groups excluding carboxylic acids is 1. The molecule has 0 aliphatic heterocycles. The largest absolute Gasteiger partial charge is 0.491 e. The highest BCUT2D eigenvalue weighted by Gasteiger charge is 2.16. The number of aromatic nitrogens is 2. The first-order chi connectivity index (χ1) is 14.9. The van der Waals surface area contributed by atoms with Crippen LogP contribution in [0.2, 0.25) is 5.02 Å². The van der Waals surface area contributed by atoms with Crippen LogP contribution in [0, 0.1) is 11.6 Å². The number of carbonyl (C=O) groups is 1. The minimum Gasteiger partial charge on any atom is -0.491 e. The Morgan fingerprint density at radius 2 is 2.16 bits per heavy atom. The molecule has 2 aromatic rings. The number of ether oxygens (including phenoxy) is 1. The maximum absolute atomic E-state index is 14.5. The lowest BCUT2D eigenvalue weighted by Gasteiger charge is -2.13. The Labute approximate surface area is 182 Å². The fraction of sp³-hybridized carbons (Fsp3) is 0.263. The molecule has 0 atom stereocenters. The number of rotatable bonds is 10. The van der Waals surface area contributed by atoms with Gasteiger partial charge in [-0.2, -0.15) is 4.98 Å². The number of anilines is 2. The molecule has 0 aliphatic rings. The van der Waals surface area contributed by atoms with Crippen LogP contribution in [0.5, 0.6) is 5.75 Å². The standard InChI is InChI=1S/C19H22ClF2N7O2/c1-3-31-15-5-4-14(21)12(17(15)22)8-26-18-13(20)9-27-19(29-18)28-11(6-23)7-25-10-16(30)24-2/h4-7,9H,3,8,10,23H2,1-2H3,(H,24,30)(H2,26,27,28,29)/b11-6+,25-7?. The van der Waals surface area contributed by atoms with Gasteiger partial charge in [0.25, 0.3) is 0 Å². The Bertz CT molecular complexity index is 986. The number of benzene rings is 1. The predicted octanol–water partition coefficient (Wildman–Crippen LogP) is 2.45. The summed E-state index contributed by atoms with van der Waals surface area (Å²) in [5.41, 5.74) is 5.63. The molecule has 0 spiro atoms. The number of hydrogen-bond acceptors (Lipinski definition) is 8. The smallest absolute Gasteiger partial charge is 0.241 e. The van der Waals surface area contributed by atoms with Gasteiger partial charge in [-0.25, -0.2) is 13.8 Å². The fourth-order valence-electron chi connectivity index (χ4n) is 2.28. The maximum Gasteiger partial charge on any atom is 0.241 e. The monoisotopic (exact) mass is 453 g/mol. The van der Waals surface area contributed by atoms with Gasteiger partial charge in [0.15, 0.2) is 17.4 Å². The zero-order chi connectivity index (χ0) is 22.8. The maximum atomic E-state index is 14.5. The van der Waals surface area contributed by atoms with Crippen LogP contribution in [-0.4, -0.2) is 42.3 Å². The number of nitrogens with two attached hydrogens (primary N) is 1. The summed E-state index contributed by atoms with van der Waals surface area (Å²) in [6.07, 6.45) is 3.85. The summed E-state index contributed by atoms with van der Waals surface area (Å²) in [4.78, 5) is 23.3. The van der Waals surface area contributed by atoms with Crippen molar-refractivity contribution in [2.45, 2.75) is 13.5 Å². The lowest BCUT2D eigenvalue weighted by atomic mass is 10.2. The molecule has 166 valence electrons. The van der Waals surface area contributed by atoms with E-state index in [2.05, 4.69) is 30.9 Å². The first-order valence-electron chi connectivity index (χ1n) is 9.15. The van der Waals surface area contributed by atoms with E-state index in [1.165, 1.54) is 31.7 Å². The molecular weight excluding hydrogens is 432 g/mol. The van der Waals surface area contributed by atoms with Gasteiger partial charge >= 0.3 is 0 Å². The first-order valence-corrected chi connectivity index (χ1v) is 9.52. The van der Waals surface area contributed by atoms with E-state index in [0.717, 1.165) is 6.07 Å². The van der Waals surface area contributed by atoms with Crippen LogP contribution in [0.4, 0.5) is 20.5 Å². The van der Waals surface area contributed by atoms with Crippen LogP contribution >= 0.6 is 11.6 Å². The summed E-state index contributed by atoms with van der Waals surface area (Å²) in [5, 5.41) is 8.15. The third-order valence-electron chi connectivity index (χ3n) is 3.81. The van der Waals surface area contributed by atoms with Gasteiger partial charge in [0.2, 0.25) is 11.9 Å². The van der Waals surface area contributed by atoms with E-state index in [0.29, 0.717) is 5.70 Å². The predicted molar refractivity (Wildman–Crippen MR) is 115 cm³/mol. The highest BCUT2D eigenvalue weighted by molar-refractivity contribution is 6.32. The van der Waals surface area contributed by atoms with Crippen LogP contribution in [0.1, 0.15) is 12.5 Å². The Balaban J connectivity index is 2.13. The van der Waals surface area contributed by atoms with Crippen molar-refractivity contribution in [3.63, 3.8) is 0 Å². The van der Waals surface area contributed by atoms with Crippen molar-refractivity contribution < 1.29 is 18.3 Å². The molecule has 0 fully saturated rings. The number of hydrogen-bond donors (Lipinski definition) is 4. The number of likely N-dealkylation sites (N-methyl/N-ethyl adjacent to an activating group) is 1. The number of nitrogens with zero attached hydrogens (tertiary/aromatic N) is 3. The number of nitrogens with one attached hydrogen (secondary N) is 3. The van der Waals surface area contributed by atoms with Gasteiger partial charge in [-0.05, 0) is 19.1 Å². The van der Waals surface area contributed by atoms with E-state index in [-0.39, 0.29) is 53.7 Å². The minimum absolute atomic E-state index is 0.0504. The second kappa shape index (κ2) is 11.6. The molecule has 0 saturated carbocycles. The van der Waals surface area contributed by atoms with E-state index in [1.807, 2.05) is 0 Å². The van der Waals surface area contributed by atoms with Crippen LogP contribution in [0.15, 0.2) is 35.2 Å². The Hall–Kier alpha value is -3.47. The second-order valence-electron chi connectivity index (χ2n) is 5.90. The number of aliphatic imine (C=N–C) groups is 1. The van der Waals surface area contributed by atoms with Crippen LogP contribution < -0.4 is 26.4 Å². The van der Waals surface area contributed by atoms with Crippen molar-refractivity contribution in [2.75, 3.05) is 30.8 Å². The number of amides is 1. The average molecular weight is 454 g/mol. The SMILES string of the molecule is CCOc1ccc(F)c(CNc2nc(N/C(C=NCC(=O)NC)=C/N)ncc2Cl)c1F. The van der Waals surface area contributed by atoms with Crippen LogP contribution in [0.3, 0.4) is 0 Å². The summed E-state index contributed by atoms with van der Waals surface area (Å²) >= 11 is 6.09. The van der Waals surface area contributed by atoms with Crippen molar-refractivity contribution in [3.05, 3.63) is 52.4 Å². The van der Waals surface area contributed by atoms with Gasteiger partial charge < -0.3 is 26.4 Å². The first kappa shape index (κ1) is 23.8. The topological polar surface area (TPSA) is 127 Å². The summed E-state index contributed by atoms with van der Waals surface area (Å²) < 4.78 is 33.7. The minimum atomic E-state index is -0.807. The van der Waals surface area contributed by atoms with Gasteiger partial charge in [-0.3, -0.25) is 9.79 Å². The van der Waals surface area contributed by atoms with Crippen molar-refractivity contribution in [1.29, 1.82) is 0 Å². The van der Waals surface area contributed by atoms with Gasteiger partial charge in [-0.15, -0.1) is 0 Å². The molecular formula is C19H22ClF2N7O2. The molecule has 31 heavy (non-hydrogen) atoms. The molecule has 0 unspecified atom stereocenters. The van der Waals surface area contributed by atoms with E-state index >= 15 is 0 Å². The van der Waals surface area contributed by atoms with E-state index in [1.54, 1.807) is 6.92 Å². The third kappa shape index (κ3) is 6.78.